The highest BCUT2D eigenvalue weighted by molar-refractivity contribution is 7.89. The molecule has 1 aromatic rings. The molecule has 0 spiro atoms. The Morgan fingerprint density at radius 3 is 2.95 bits per heavy atom. The first kappa shape index (κ1) is 15.4. The fourth-order valence-corrected chi connectivity index (χ4v) is 3.33. The summed E-state index contributed by atoms with van der Waals surface area (Å²) >= 11 is 0. The molecule has 9 nitrogen and oxygen atoms in total. The van der Waals surface area contributed by atoms with Crippen molar-refractivity contribution in [1.29, 1.82) is 0 Å². The zero-order valence-electron chi connectivity index (χ0n) is 11.2. The minimum absolute atomic E-state index is 0.0393. The van der Waals surface area contributed by atoms with E-state index in [9.17, 15) is 18.0 Å². The van der Waals surface area contributed by atoms with Crippen molar-refractivity contribution in [2.75, 3.05) is 19.6 Å². The molecule has 0 saturated carbocycles. The molecule has 0 unspecified atom stereocenters. The molecule has 0 bridgehead atoms. The summed E-state index contributed by atoms with van der Waals surface area (Å²) in [7, 11) is -3.79. The van der Waals surface area contributed by atoms with Crippen LogP contribution < -0.4 is 5.32 Å². The molecule has 1 aromatic heterocycles. The van der Waals surface area contributed by atoms with Crippen molar-refractivity contribution in [2.24, 2.45) is 0 Å². The first-order chi connectivity index (χ1) is 9.89. The summed E-state index contributed by atoms with van der Waals surface area (Å²) in [6, 6.07) is 0. The number of hydrogen-bond acceptors (Lipinski definition) is 5. The Kier molecular flexibility index (Phi) is 4.58. The molecule has 1 fully saturated rings. The minimum Gasteiger partial charge on any atom is -0.481 e. The molecule has 1 amide bonds. The van der Waals surface area contributed by atoms with Gasteiger partial charge in [-0.2, -0.15) is 9.40 Å². The minimum atomic E-state index is -3.79. The molecular weight excluding hydrogens is 300 g/mol. The van der Waals surface area contributed by atoms with Crippen molar-refractivity contribution in [1.82, 2.24) is 19.4 Å². The highest BCUT2D eigenvalue weighted by Crippen LogP contribution is 2.16. The van der Waals surface area contributed by atoms with Crippen molar-refractivity contribution < 1.29 is 23.1 Å². The van der Waals surface area contributed by atoms with Gasteiger partial charge in [-0.15, -0.1) is 0 Å². The maximum Gasteiger partial charge on any atom is 0.305 e. The van der Waals surface area contributed by atoms with E-state index in [4.69, 9.17) is 5.11 Å². The van der Waals surface area contributed by atoms with E-state index < -0.39 is 16.0 Å². The number of carboxylic acid groups (broad SMARTS) is 1. The first-order valence-electron chi connectivity index (χ1n) is 6.40. The smallest absolute Gasteiger partial charge is 0.305 e. The van der Waals surface area contributed by atoms with E-state index in [1.54, 1.807) is 0 Å². The van der Waals surface area contributed by atoms with Crippen LogP contribution >= 0.6 is 0 Å². The highest BCUT2D eigenvalue weighted by atomic mass is 32.2. The Hall–Kier alpha value is -1.94. The van der Waals surface area contributed by atoms with Gasteiger partial charge in [0, 0.05) is 19.3 Å². The lowest BCUT2D eigenvalue weighted by Crippen LogP contribution is -2.37. The third-order valence-electron chi connectivity index (χ3n) is 3.03. The SMILES string of the molecule is O=C(O)CCn1cc(S(=O)(=O)N2CCCNC(=O)C2)cn1. The van der Waals surface area contributed by atoms with E-state index in [0.717, 1.165) is 4.31 Å². The number of aliphatic carboxylic acids is 1. The third-order valence-corrected chi connectivity index (χ3v) is 4.83. The molecule has 1 saturated heterocycles. The Labute approximate surface area is 121 Å². The van der Waals surface area contributed by atoms with E-state index in [0.29, 0.717) is 13.0 Å². The van der Waals surface area contributed by atoms with Crippen LogP contribution in [0.1, 0.15) is 12.8 Å². The average Bonchev–Trinajstić information content (AvgIpc) is 2.79. The summed E-state index contributed by atoms with van der Waals surface area (Å²) in [6.45, 7) is 0.568. The molecule has 1 aliphatic heterocycles. The quantitative estimate of drug-likeness (QED) is 0.709. The van der Waals surface area contributed by atoms with Gasteiger partial charge in [0.15, 0.2) is 0 Å². The normalized spacial score (nSPS) is 17.2. The lowest BCUT2D eigenvalue weighted by Gasteiger charge is -2.17. The van der Waals surface area contributed by atoms with Crippen LogP contribution in [0.5, 0.6) is 0 Å². The number of nitrogens with one attached hydrogen (secondary N) is 1. The van der Waals surface area contributed by atoms with E-state index >= 15 is 0 Å². The van der Waals surface area contributed by atoms with Gasteiger partial charge in [-0.1, -0.05) is 0 Å². The second-order valence-corrected chi connectivity index (χ2v) is 6.56. The topological polar surface area (TPSA) is 122 Å². The molecule has 116 valence electrons. The van der Waals surface area contributed by atoms with Crippen LogP contribution in [-0.2, 0) is 26.2 Å². The number of sulfonamides is 1. The van der Waals surface area contributed by atoms with Crippen molar-refractivity contribution in [3.05, 3.63) is 12.4 Å². The standard InChI is InChI=1S/C11H16N4O5S/c16-10-8-15(4-1-3-12-10)21(19,20)9-6-13-14(7-9)5-2-11(17)18/h6-7H,1-5,8H2,(H,12,16)(H,17,18). The van der Waals surface area contributed by atoms with Gasteiger partial charge in [0.05, 0.1) is 25.7 Å². The number of rotatable bonds is 5. The predicted molar refractivity (Wildman–Crippen MR) is 70.9 cm³/mol. The van der Waals surface area contributed by atoms with Gasteiger partial charge in [0.25, 0.3) is 0 Å². The number of aryl methyl sites for hydroxylation is 1. The summed E-state index contributed by atoms with van der Waals surface area (Å²) < 4.78 is 27.2. The molecule has 2 N–H and O–H groups in total. The molecular formula is C11H16N4O5S. The number of aromatic nitrogens is 2. The van der Waals surface area contributed by atoms with Gasteiger partial charge in [-0.25, -0.2) is 8.42 Å². The maximum atomic E-state index is 12.4. The van der Waals surface area contributed by atoms with Crippen molar-refractivity contribution in [2.45, 2.75) is 24.3 Å². The first-order valence-corrected chi connectivity index (χ1v) is 7.85. The van der Waals surface area contributed by atoms with Gasteiger partial charge < -0.3 is 10.4 Å². The molecule has 0 aromatic carbocycles. The van der Waals surface area contributed by atoms with E-state index in [-0.39, 0.29) is 36.9 Å². The Balaban J connectivity index is 2.15. The van der Waals surface area contributed by atoms with Gasteiger partial charge in [0.2, 0.25) is 15.9 Å². The van der Waals surface area contributed by atoms with Crippen molar-refractivity contribution >= 4 is 21.9 Å². The molecule has 2 heterocycles. The van der Waals surface area contributed by atoms with Gasteiger partial charge in [0.1, 0.15) is 4.90 Å². The van der Waals surface area contributed by atoms with Crippen LogP contribution in [0.25, 0.3) is 0 Å². The summed E-state index contributed by atoms with van der Waals surface area (Å²) in [5.74, 6) is -1.33. The zero-order valence-corrected chi connectivity index (χ0v) is 12.0. The number of hydrogen-bond donors (Lipinski definition) is 2. The van der Waals surface area contributed by atoms with Gasteiger partial charge in [-0.05, 0) is 6.42 Å². The fourth-order valence-electron chi connectivity index (χ4n) is 1.94. The molecule has 0 aliphatic carbocycles. The highest BCUT2D eigenvalue weighted by Gasteiger charge is 2.29. The predicted octanol–water partition coefficient (Wildman–Crippen LogP) is -1.13. The van der Waals surface area contributed by atoms with Crippen molar-refractivity contribution in [3.8, 4) is 0 Å². The number of amides is 1. The summed E-state index contributed by atoms with van der Waals surface area (Å²) in [5, 5.41) is 15.0. The molecule has 21 heavy (non-hydrogen) atoms. The van der Waals surface area contributed by atoms with Crippen LogP contribution in [0, 0.1) is 0 Å². The molecule has 0 atom stereocenters. The number of nitrogens with zero attached hydrogens (tertiary/aromatic N) is 3. The Bertz CT molecular complexity index is 639. The van der Waals surface area contributed by atoms with Crippen LogP contribution in [0.3, 0.4) is 0 Å². The molecule has 10 heteroatoms. The van der Waals surface area contributed by atoms with Gasteiger partial charge >= 0.3 is 5.97 Å². The monoisotopic (exact) mass is 316 g/mol. The van der Waals surface area contributed by atoms with Crippen LogP contribution in [0.15, 0.2) is 17.3 Å². The summed E-state index contributed by atoms with van der Waals surface area (Å²) in [6.07, 6.45) is 2.84. The van der Waals surface area contributed by atoms with E-state index in [1.807, 2.05) is 0 Å². The number of carbonyl (C=O) groups is 2. The van der Waals surface area contributed by atoms with Crippen LogP contribution in [0.4, 0.5) is 0 Å². The third kappa shape index (κ3) is 3.79. The van der Waals surface area contributed by atoms with Crippen molar-refractivity contribution in [3.63, 3.8) is 0 Å². The zero-order chi connectivity index (χ0) is 15.5. The van der Waals surface area contributed by atoms with Crippen LogP contribution in [-0.4, -0.2) is 59.1 Å². The van der Waals surface area contributed by atoms with Gasteiger partial charge in [-0.3, -0.25) is 14.3 Å². The molecule has 0 radical (unpaired) electrons. The second kappa shape index (κ2) is 6.22. The van der Waals surface area contributed by atoms with E-state index in [2.05, 4.69) is 10.4 Å². The number of carbonyl (C=O) groups excluding carboxylic acids is 1. The molecule has 2 rings (SSSR count). The maximum absolute atomic E-state index is 12.4. The number of carboxylic acids is 1. The molecule has 1 aliphatic rings. The van der Waals surface area contributed by atoms with Crippen LogP contribution in [0.2, 0.25) is 0 Å². The fraction of sp³-hybridized carbons (Fsp3) is 0.545. The summed E-state index contributed by atoms with van der Waals surface area (Å²) in [4.78, 5) is 21.9. The lowest BCUT2D eigenvalue weighted by molar-refractivity contribution is -0.137. The Morgan fingerprint density at radius 1 is 1.48 bits per heavy atom. The summed E-state index contributed by atoms with van der Waals surface area (Å²) in [5.41, 5.74) is 0. The average molecular weight is 316 g/mol. The Morgan fingerprint density at radius 2 is 2.24 bits per heavy atom. The largest absolute Gasteiger partial charge is 0.481 e. The second-order valence-electron chi connectivity index (χ2n) is 4.62. The van der Waals surface area contributed by atoms with E-state index in [1.165, 1.54) is 17.1 Å². The lowest BCUT2D eigenvalue weighted by atomic mass is 10.4.